The summed E-state index contributed by atoms with van der Waals surface area (Å²) in [4.78, 5) is 14.3. The highest BCUT2D eigenvalue weighted by atomic mass is 16.2. The summed E-state index contributed by atoms with van der Waals surface area (Å²) in [5.41, 5.74) is 0. The molecule has 110 valence electrons. The fraction of sp³-hybridized carbons (Fsp3) is 0.938. The summed E-state index contributed by atoms with van der Waals surface area (Å²) in [6.07, 6.45) is 11.8. The molecule has 2 rings (SSSR count). The second kappa shape index (κ2) is 7.88. The maximum absolute atomic E-state index is 12.2. The Bertz CT molecular complexity index is 266. The van der Waals surface area contributed by atoms with Crippen molar-refractivity contribution < 1.29 is 4.79 Å². The molecule has 2 aliphatic rings. The molecule has 1 amide bonds. The Hall–Kier alpha value is -0.570. The highest BCUT2D eigenvalue weighted by Gasteiger charge is 2.21. The Balaban J connectivity index is 1.69. The third kappa shape index (κ3) is 4.79. The van der Waals surface area contributed by atoms with E-state index < -0.39 is 0 Å². The highest BCUT2D eigenvalue weighted by Crippen LogP contribution is 2.26. The molecule has 1 aliphatic heterocycles. The molecule has 3 heteroatoms. The lowest BCUT2D eigenvalue weighted by Gasteiger charge is -2.29. The van der Waals surface area contributed by atoms with Gasteiger partial charge in [0.15, 0.2) is 0 Å². The SMILES string of the molecule is C[C@@H](NCC(=O)N1CCCCCC1)C1CCCCC1. The van der Waals surface area contributed by atoms with E-state index in [-0.39, 0.29) is 0 Å². The van der Waals surface area contributed by atoms with Crippen molar-refractivity contribution in [1.82, 2.24) is 10.2 Å². The minimum atomic E-state index is 0.310. The minimum absolute atomic E-state index is 0.310. The van der Waals surface area contributed by atoms with Gasteiger partial charge in [-0.05, 0) is 38.5 Å². The maximum atomic E-state index is 12.2. The Morgan fingerprint density at radius 3 is 2.26 bits per heavy atom. The average Bonchev–Trinajstić information content (AvgIpc) is 2.74. The van der Waals surface area contributed by atoms with Crippen LogP contribution in [0.15, 0.2) is 0 Å². The lowest BCUT2D eigenvalue weighted by atomic mass is 9.84. The molecular formula is C16H30N2O. The first kappa shape index (κ1) is 14.8. The molecule has 0 aromatic carbocycles. The fourth-order valence-corrected chi connectivity index (χ4v) is 3.48. The summed E-state index contributed by atoms with van der Waals surface area (Å²) < 4.78 is 0. The molecule has 0 unspecified atom stereocenters. The summed E-state index contributed by atoms with van der Waals surface area (Å²) >= 11 is 0. The van der Waals surface area contributed by atoms with Crippen LogP contribution >= 0.6 is 0 Å². The van der Waals surface area contributed by atoms with Crippen molar-refractivity contribution in [2.75, 3.05) is 19.6 Å². The zero-order valence-corrected chi connectivity index (χ0v) is 12.5. The van der Waals surface area contributed by atoms with Gasteiger partial charge in [-0.3, -0.25) is 4.79 Å². The van der Waals surface area contributed by atoms with Crippen LogP contribution in [0, 0.1) is 5.92 Å². The van der Waals surface area contributed by atoms with Crippen LogP contribution in [0.1, 0.15) is 64.7 Å². The first-order valence-electron chi connectivity index (χ1n) is 8.28. The number of carbonyl (C=O) groups excluding carboxylic acids is 1. The molecule has 19 heavy (non-hydrogen) atoms. The van der Waals surface area contributed by atoms with Crippen molar-refractivity contribution in [3.8, 4) is 0 Å². The van der Waals surface area contributed by atoms with E-state index in [4.69, 9.17) is 0 Å². The number of nitrogens with zero attached hydrogens (tertiary/aromatic N) is 1. The molecule has 0 spiro atoms. The van der Waals surface area contributed by atoms with E-state index in [0.29, 0.717) is 18.5 Å². The van der Waals surface area contributed by atoms with Gasteiger partial charge in [-0.15, -0.1) is 0 Å². The monoisotopic (exact) mass is 266 g/mol. The number of likely N-dealkylation sites (tertiary alicyclic amines) is 1. The molecule has 0 bridgehead atoms. The zero-order chi connectivity index (χ0) is 13.5. The van der Waals surface area contributed by atoms with E-state index in [1.165, 1.54) is 57.8 Å². The van der Waals surface area contributed by atoms with E-state index in [1.807, 2.05) is 0 Å². The van der Waals surface area contributed by atoms with Gasteiger partial charge in [0.25, 0.3) is 0 Å². The third-order valence-corrected chi connectivity index (χ3v) is 4.89. The topological polar surface area (TPSA) is 32.3 Å². The van der Waals surface area contributed by atoms with Gasteiger partial charge >= 0.3 is 0 Å². The van der Waals surface area contributed by atoms with Crippen LogP contribution < -0.4 is 5.32 Å². The molecule has 2 fully saturated rings. The maximum Gasteiger partial charge on any atom is 0.236 e. The fourth-order valence-electron chi connectivity index (χ4n) is 3.48. The van der Waals surface area contributed by atoms with Crippen molar-refractivity contribution in [3.05, 3.63) is 0 Å². The van der Waals surface area contributed by atoms with Crippen LogP contribution in [-0.2, 0) is 4.79 Å². The highest BCUT2D eigenvalue weighted by molar-refractivity contribution is 5.78. The van der Waals surface area contributed by atoms with E-state index in [9.17, 15) is 4.79 Å². The number of rotatable bonds is 4. The molecule has 1 saturated heterocycles. The van der Waals surface area contributed by atoms with E-state index in [0.717, 1.165) is 19.0 Å². The molecule has 3 nitrogen and oxygen atoms in total. The zero-order valence-electron chi connectivity index (χ0n) is 12.5. The van der Waals surface area contributed by atoms with Crippen LogP contribution in [0.3, 0.4) is 0 Å². The van der Waals surface area contributed by atoms with Crippen LogP contribution in [0.4, 0.5) is 0 Å². The van der Waals surface area contributed by atoms with Gasteiger partial charge < -0.3 is 10.2 Å². The lowest BCUT2D eigenvalue weighted by molar-refractivity contribution is -0.130. The Morgan fingerprint density at radius 2 is 1.63 bits per heavy atom. The third-order valence-electron chi connectivity index (χ3n) is 4.89. The predicted octanol–water partition coefficient (Wildman–Crippen LogP) is 2.95. The van der Waals surface area contributed by atoms with Crippen molar-refractivity contribution in [1.29, 1.82) is 0 Å². The first-order chi connectivity index (χ1) is 9.27. The molecule has 0 aromatic heterocycles. The largest absolute Gasteiger partial charge is 0.342 e. The quantitative estimate of drug-likeness (QED) is 0.848. The van der Waals surface area contributed by atoms with Crippen LogP contribution in [0.25, 0.3) is 0 Å². The standard InChI is InChI=1S/C16H30N2O/c1-14(15-9-5-4-6-10-15)17-13-16(19)18-11-7-2-3-8-12-18/h14-15,17H,2-13H2,1H3/t14-/m1/s1. The van der Waals surface area contributed by atoms with Crippen molar-refractivity contribution >= 4 is 5.91 Å². The molecule has 1 heterocycles. The minimum Gasteiger partial charge on any atom is -0.342 e. The van der Waals surface area contributed by atoms with E-state index in [1.54, 1.807) is 0 Å². The summed E-state index contributed by atoms with van der Waals surface area (Å²) in [5, 5.41) is 3.48. The molecule has 0 radical (unpaired) electrons. The Kier molecular flexibility index (Phi) is 6.15. The van der Waals surface area contributed by atoms with Crippen LogP contribution in [0.5, 0.6) is 0 Å². The molecular weight excluding hydrogens is 236 g/mol. The molecule has 1 aliphatic carbocycles. The van der Waals surface area contributed by atoms with Gasteiger partial charge in [0, 0.05) is 19.1 Å². The lowest BCUT2D eigenvalue weighted by Crippen LogP contribution is -2.43. The van der Waals surface area contributed by atoms with Crippen molar-refractivity contribution in [3.63, 3.8) is 0 Å². The second-order valence-corrected chi connectivity index (χ2v) is 6.36. The van der Waals surface area contributed by atoms with E-state index in [2.05, 4.69) is 17.1 Å². The van der Waals surface area contributed by atoms with Gasteiger partial charge in [0.1, 0.15) is 0 Å². The molecule has 0 aromatic rings. The molecule has 1 atom stereocenters. The van der Waals surface area contributed by atoms with Crippen LogP contribution in [-0.4, -0.2) is 36.5 Å². The Labute approximate surface area is 118 Å². The van der Waals surface area contributed by atoms with Gasteiger partial charge in [-0.1, -0.05) is 32.1 Å². The summed E-state index contributed by atoms with van der Waals surface area (Å²) in [5.74, 6) is 1.09. The molecule has 1 saturated carbocycles. The molecule has 1 N–H and O–H groups in total. The number of carbonyl (C=O) groups is 1. The number of hydrogen-bond donors (Lipinski definition) is 1. The van der Waals surface area contributed by atoms with Gasteiger partial charge in [-0.25, -0.2) is 0 Å². The Morgan fingerprint density at radius 1 is 1.05 bits per heavy atom. The number of amides is 1. The van der Waals surface area contributed by atoms with Gasteiger partial charge in [0.05, 0.1) is 6.54 Å². The van der Waals surface area contributed by atoms with Gasteiger partial charge in [-0.2, -0.15) is 0 Å². The van der Waals surface area contributed by atoms with Crippen LogP contribution in [0.2, 0.25) is 0 Å². The van der Waals surface area contributed by atoms with Crippen molar-refractivity contribution in [2.24, 2.45) is 5.92 Å². The smallest absolute Gasteiger partial charge is 0.236 e. The summed E-state index contributed by atoms with van der Waals surface area (Å²) in [6, 6.07) is 0.497. The predicted molar refractivity (Wildman–Crippen MR) is 79.1 cm³/mol. The first-order valence-corrected chi connectivity index (χ1v) is 8.28. The number of nitrogens with one attached hydrogen (secondary N) is 1. The van der Waals surface area contributed by atoms with E-state index >= 15 is 0 Å². The van der Waals surface area contributed by atoms with Crippen molar-refractivity contribution in [2.45, 2.75) is 70.8 Å². The second-order valence-electron chi connectivity index (χ2n) is 6.36. The normalized spacial score (nSPS) is 23.9. The average molecular weight is 266 g/mol. The van der Waals surface area contributed by atoms with Gasteiger partial charge in [0.2, 0.25) is 5.91 Å². The summed E-state index contributed by atoms with van der Waals surface area (Å²) in [6.45, 7) is 4.74. The number of hydrogen-bond acceptors (Lipinski definition) is 2. The summed E-state index contributed by atoms with van der Waals surface area (Å²) in [7, 11) is 0.